The van der Waals surface area contributed by atoms with Crippen LogP contribution in [-0.2, 0) is 12.8 Å². The second-order valence-electron chi connectivity index (χ2n) is 6.34. The molecular formula is C17H22N2O3. The average Bonchev–Trinajstić information content (AvgIpc) is 3.05. The number of aromatic nitrogens is 1. The van der Waals surface area contributed by atoms with Gasteiger partial charge in [0.15, 0.2) is 5.89 Å². The first kappa shape index (κ1) is 14.9. The normalized spacial score (nSPS) is 17.5. The summed E-state index contributed by atoms with van der Waals surface area (Å²) in [4.78, 5) is 16.8. The molecule has 1 atom stereocenters. The van der Waals surface area contributed by atoms with Gasteiger partial charge in [0.1, 0.15) is 5.76 Å². The molecule has 5 heteroatoms. The van der Waals surface area contributed by atoms with Gasteiger partial charge in [-0.1, -0.05) is 13.8 Å². The minimum Gasteiger partial charge on any atom is -0.469 e. The van der Waals surface area contributed by atoms with Crippen LogP contribution in [0.2, 0.25) is 0 Å². The second-order valence-corrected chi connectivity index (χ2v) is 6.34. The largest absolute Gasteiger partial charge is 0.469 e. The molecule has 0 saturated carbocycles. The molecule has 1 amide bonds. The smallest absolute Gasteiger partial charge is 0.289 e. The van der Waals surface area contributed by atoms with Crippen LogP contribution in [0, 0.1) is 12.8 Å². The number of nitrogens with one attached hydrogen (secondary N) is 1. The lowest BCUT2D eigenvalue weighted by atomic mass is 9.93. The molecule has 0 radical (unpaired) electrons. The Morgan fingerprint density at radius 3 is 3.09 bits per heavy atom. The third-order valence-corrected chi connectivity index (χ3v) is 3.99. The van der Waals surface area contributed by atoms with Gasteiger partial charge >= 0.3 is 0 Å². The van der Waals surface area contributed by atoms with E-state index in [1.807, 2.05) is 13.0 Å². The number of hydrogen-bond donors (Lipinski definition) is 1. The number of carbonyl (C=O) groups is 1. The van der Waals surface area contributed by atoms with Crippen LogP contribution in [0.25, 0.3) is 0 Å². The molecule has 0 fully saturated rings. The third kappa shape index (κ3) is 2.93. The van der Waals surface area contributed by atoms with Crippen LogP contribution in [0.5, 0.6) is 0 Å². The van der Waals surface area contributed by atoms with E-state index < -0.39 is 0 Å². The van der Waals surface area contributed by atoms with E-state index in [1.165, 1.54) is 0 Å². The summed E-state index contributed by atoms with van der Waals surface area (Å²) >= 11 is 0. The first-order chi connectivity index (χ1) is 10.5. The van der Waals surface area contributed by atoms with Gasteiger partial charge in [-0.2, -0.15) is 0 Å². The Labute approximate surface area is 130 Å². The SMILES string of the molecule is Cc1nc(CC(C)C)oc1C(=O)N[C@H]1CCCc2occc21. The van der Waals surface area contributed by atoms with Gasteiger partial charge in [0.25, 0.3) is 5.91 Å². The summed E-state index contributed by atoms with van der Waals surface area (Å²) in [6.45, 7) is 6.01. The maximum Gasteiger partial charge on any atom is 0.289 e. The predicted molar refractivity (Wildman–Crippen MR) is 81.6 cm³/mol. The van der Waals surface area contributed by atoms with Crippen LogP contribution in [0.15, 0.2) is 21.2 Å². The monoisotopic (exact) mass is 302 g/mol. The molecule has 0 unspecified atom stereocenters. The Morgan fingerprint density at radius 1 is 1.50 bits per heavy atom. The highest BCUT2D eigenvalue weighted by molar-refractivity contribution is 5.92. The predicted octanol–water partition coefficient (Wildman–Crippen LogP) is 3.58. The van der Waals surface area contributed by atoms with Crippen molar-refractivity contribution in [1.82, 2.24) is 10.3 Å². The van der Waals surface area contributed by atoms with E-state index in [2.05, 4.69) is 24.1 Å². The van der Waals surface area contributed by atoms with Crippen LogP contribution in [-0.4, -0.2) is 10.9 Å². The Kier molecular flexibility index (Phi) is 4.05. The van der Waals surface area contributed by atoms with E-state index in [9.17, 15) is 4.79 Å². The van der Waals surface area contributed by atoms with Crippen LogP contribution in [0.1, 0.15) is 66.2 Å². The summed E-state index contributed by atoms with van der Waals surface area (Å²) in [7, 11) is 0. The van der Waals surface area contributed by atoms with Crippen molar-refractivity contribution in [1.29, 1.82) is 0 Å². The molecule has 0 bridgehead atoms. The summed E-state index contributed by atoms with van der Waals surface area (Å²) in [5.74, 6) is 2.18. The fourth-order valence-electron chi connectivity index (χ4n) is 2.96. The second kappa shape index (κ2) is 5.99. The highest BCUT2D eigenvalue weighted by Gasteiger charge is 2.26. The summed E-state index contributed by atoms with van der Waals surface area (Å²) in [5.41, 5.74) is 1.73. The fourth-order valence-corrected chi connectivity index (χ4v) is 2.96. The highest BCUT2D eigenvalue weighted by atomic mass is 16.4. The van der Waals surface area contributed by atoms with Gasteiger partial charge in [0.05, 0.1) is 18.0 Å². The van der Waals surface area contributed by atoms with Gasteiger partial charge in [0, 0.05) is 18.4 Å². The number of carbonyl (C=O) groups excluding carboxylic acids is 1. The standard InChI is InChI=1S/C17H22N2O3/c1-10(2)9-15-18-11(3)16(22-15)17(20)19-13-5-4-6-14-12(13)7-8-21-14/h7-8,10,13H,4-6,9H2,1-3H3,(H,19,20)/t13-/m0/s1. The number of fused-ring (bicyclic) bond motifs is 1. The first-order valence-electron chi connectivity index (χ1n) is 7.88. The van der Waals surface area contributed by atoms with Gasteiger partial charge in [-0.3, -0.25) is 4.79 Å². The van der Waals surface area contributed by atoms with Crippen molar-refractivity contribution in [3.05, 3.63) is 41.0 Å². The number of rotatable bonds is 4. The van der Waals surface area contributed by atoms with E-state index in [4.69, 9.17) is 8.83 Å². The van der Waals surface area contributed by atoms with E-state index in [0.717, 1.165) is 37.0 Å². The van der Waals surface area contributed by atoms with Gasteiger partial charge < -0.3 is 14.2 Å². The lowest BCUT2D eigenvalue weighted by molar-refractivity contribution is 0.0901. The number of furan rings is 1. The molecule has 118 valence electrons. The number of aryl methyl sites for hydroxylation is 2. The molecule has 0 aliphatic heterocycles. The van der Waals surface area contributed by atoms with Crippen molar-refractivity contribution in [2.75, 3.05) is 0 Å². The van der Waals surface area contributed by atoms with Crippen LogP contribution >= 0.6 is 0 Å². The molecule has 0 saturated heterocycles. The molecule has 22 heavy (non-hydrogen) atoms. The summed E-state index contributed by atoms with van der Waals surface area (Å²) in [6, 6.07) is 1.93. The molecule has 1 aliphatic carbocycles. The Morgan fingerprint density at radius 2 is 2.32 bits per heavy atom. The van der Waals surface area contributed by atoms with Crippen molar-refractivity contribution in [2.24, 2.45) is 5.92 Å². The Hall–Kier alpha value is -2.04. The summed E-state index contributed by atoms with van der Waals surface area (Å²) in [5, 5.41) is 3.05. The Bertz CT molecular complexity index is 669. The Balaban J connectivity index is 1.74. The van der Waals surface area contributed by atoms with E-state index in [0.29, 0.717) is 23.3 Å². The molecule has 3 rings (SSSR count). The number of nitrogens with zero attached hydrogens (tertiary/aromatic N) is 1. The average molecular weight is 302 g/mol. The van der Waals surface area contributed by atoms with Gasteiger partial charge in [-0.25, -0.2) is 4.98 Å². The maximum absolute atomic E-state index is 12.5. The van der Waals surface area contributed by atoms with Gasteiger partial charge in [-0.05, 0) is 31.7 Å². The minimum absolute atomic E-state index is 0.00644. The molecule has 0 aromatic carbocycles. The topological polar surface area (TPSA) is 68.3 Å². The molecular weight excluding hydrogens is 280 g/mol. The molecule has 1 N–H and O–H groups in total. The van der Waals surface area contributed by atoms with Crippen molar-refractivity contribution in [3.63, 3.8) is 0 Å². The third-order valence-electron chi connectivity index (χ3n) is 3.99. The van der Waals surface area contributed by atoms with Crippen molar-refractivity contribution in [2.45, 2.75) is 52.5 Å². The van der Waals surface area contributed by atoms with E-state index in [1.54, 1.807) is 6.26 Å². The number of amides is 1. The number of hydrogen-bond acceptors (Lipinski definition) is 4. The van der Waals surface area contributed by atoms with Crippen LogP contribution < -0.4 is 5.32 Å². The van der Waals surface area contributed by atoms with Crippen molar-refractivity contribution < 1.29 is 13.6 Å². The molecule has 0 spiro atoms. The molecule has 5 nitrogen and oxygen atoms in total. The maximum atomic E-state index is 12.5. The first-order valence-corrected chi connectivity index (χ1v) is 7.88. The zero-order valence-corrected chi connectivity index (χ0v) is 13.3. The lowest BCUT2D eigenvalue weighted by Crippen LogP contribution is -2.30. The summed E-state index contributed by atoms with van der Waals surface area (Å²) in [6.07, 6.45) is 5.30. The van der Waals surface area contributed by atoms with Gasteiger partial charge in [0.2, 0.25) is 5.76 Å². The van der Waals surface area contributed by atoms with Gasteiger partial charge in [-0.15, -0.1) is 0 Å². The van der Waals surface area contributed by atoms with Crippen LogP contribution in [0.3, 0.4) is 0 Å². The zero-order valence-electron chi connectivity index (χ0n) is 13.3. The quantitative estimate of drug-likeness (QED) is 0.937. The van der Waals surface area contributed by atoms with Crippen LogP contribution in [0.4, 0.5) is 0 Å². The molecule has 2 aromatic rings. The minimum atomic E-state index is -0.195. The summed E-state index contributed by atoms with van der Waals surface area (Å²) < 4.78 is 11.1. The van der Waals surface area contributed by atoms with Crippen molar-refractivity contribution in [3.8, 4) is 0 Å². The highest BCUT2D eigenvalue weighted by Crippen LogP contribution is 2.30. The number of oxazole rings is 1. The van der Waals surface area contributed by atoms with E-state index in [-0.39, 0.29) is 11.9 Å². The zero-order chi connectivity index (χ0) is 15.7. The van der Waals surface area contributed by atoms with E-state index >= 15 is 0 Å². The molecule has 1 aliphatic rings. The molecule has 2 aromatic heterocycles. The lowest BCUT2D eigenvalue weighted by Gasteiger charge is -2.22. The van der Waals surface area contributed by atoms with Crippen molar-refractivity contribution >= 4 is 5.91 Å². The molecule has 2 heterocycles. The fraction of sp³-hybridized carbons (Fsp3) is 0.529.